The second kappa shape index (κ2) is 14.5. The largest absolute Gasteiger partial charge is 0.456 e. The van der Waals surface area contributed by atoms with Gasteiger partial charge in [0.15, 0.2) is 5.82 Å². The molecule has 7 aliphatic carbocycles. The van der Waals surface area contributed by atoms with Crippen molar-refractivity contribution in [3.8, 4) is 11.4 Å². The summed E-state index contributed by atoms with van der Waals surface area (Å²) in [5.41, 5.74) is 13.3. The third kappa shape index (κ3) is 5.59. The normalized spacial score (nSPS) is 29.4. The highest BCUT2D eigenvalue weighted by atomic mass is 16.3. The second-order valence-electron chi connectivity index (χ2n) is 23.2. The van der Waals surface area contributed by atoms with E-state index >= 15 is 0 Å². The number of nitrogens with zero attached hydrogens (tertiary/aromatic N) is 4. The van der Waals surface area contributed by atoms with Crippen molar-refractivity contribution in [2.75, 3.05) is 4.90 Å². The Balaban J connectivity index is 0.913. The molecule has 16 rings (SSSR count). The number of hydrogen-bond acceptors (Lipinski definition) is 5. The smallest absolute Gasteiger partial charge is 0.163 e. The molecular formula is C63H60N4O. The van der Waals surface area contributed by atoms with Crippen molar-refractivity contribution in [3.05, 3.63) is 178 Å². The summed E-state index contributed by atoms with van der Waals surface area (Å²) in [7, 11) is 0. The van der Waals surface area contributed by atoms with E-state index in [4.69, 9.17) is 19.4 Å². The molecule has 1 aliphatic heterocycles. The highest BCUT2D eigenvalue weighted by Gasteiger charge is 2.57. The Hall–Kier alpha value is -6.07. The van der Waals surface area contributed by atoms with Crippen LogP contribution in [0.3, 0.4) is 0 Å². The lowest BCUT2D eigenvalue weighted by atomic mass is 9.49. The standard InChI is InChI=1S/C63H60N4O/c1-38-26-45(58-64-59(61-33-41-28-42(34-61)30-43(29-41)35-61)66-60(65-58)62-32-40-14-12-15-44(36-62)46(31-40)37-62)27-39(2)56(38)67-53-23-9-7-20-50(53)63(47-16-4-3-5-17-47,51-21-8-10-24-54(51)67)52-22-13-19-49-48-18-6-11-25-55(48)68-57(49)52/h3-11,13,16-27,40-44,46H,12,14-15,28-37H2,1-2H3. The zero-order chi connectivity index (χ0) is 44.9. The number of benzene rings is 6. The molecule has 8 aromatic rings. The quantitative estimate of drug-likeness (QED) is 0.166. The molecule has 6 aromatic carbocycles. The van der Waals surface area contributed by atoms with E-state index in [0.29, 0.717) is 0 Å². The van der Waals surface area contributed by atoms with Crippen molar-refractivity contribution in [2.24, 2.45) is 35.5 Å². The average molecular weight is 889 g/mol. The highest BCUT2D eigenvalue weighted by Crippen LogP contribution is 2.64. The molecule has 7 fully saturated rings. The molecule has 7 bridgehead atoms. The van der Waals surface area contributed by atoms with Crippen LogP contribution in [0.25, 0.3) is 33.3 Å². The van der Waals surface area contributed by atoms with Gasteiger partial charge in [0.05, 0.1) is 22.5 Å². The molecule has 4 unspecified atom stereocenters. The fraction of sp³-hybridized carbons (Fsp3) is 0.381. The number of aromatic nitrogens is 3. The van der Waals surface area contributed by atoms with Gasteiger partial charge in [0.2, 0.25) is 0 Å². The molecule has 5 heteroatoms. The summed E-state index contributed by atoms with van der Waals surface area (Å²) in [5.74, 6) is 8.20. The van der Waals surface area contributed by atoms with Crippen LogP contribution >= 0.6 is 0 Å². The Morgan fingerprint density at radius 3 is 1.79 bits per heavy atom. The van der Waals surface area contributed by atoms with E-state index in [0.717, 1.165) is 86.0 Å². The predicted molar refractivity (Wildman–Crippen MR) is 273 cm³/mol. The number of rotatable bonds is 6. The number of para-hydroxylation sites is 4. The molecule has 338 valence electrons. The van der Waals surface area contributed by atoms with Crippen LogP contribution < -0.4 is 4.90 Å². The Bertz CT molecular complexity index is 3240. The van der Waals surface area contributed by atoms with Crippen LogP contribution in [0.5, 0.6) is 0 Å². The van der Waals surface area contributed by atoms with Gasteiger partial charge in [0, 0.05) is 32.7 Å². The second-order valence-corrected chi connectivity index (χ2v) is 23.2. The van der Waals surface area contributed by atoms with E-state index in [1.807, 2.05) is 0 Å². The molecule has 7 saturated carbocycles. The number of furan rings is 1. The highest BCUT2D eigenvalue weighted by molar-refractivity contribution is 6.07. The Morgan fingerprint density at radius 2 is 1.09 bits per heavy atom. The van der Waals surface area contributed by atoms with Gasteiger partial charge in [-0.05, 0) is 172 Å². The van der Waals surface area contributed by atoms with Crippen molar-refractivity contribution in [3.63, 3.8) is 0 Å². The summed E-state index contributed by atoms with van der Waals surface area (Å²) in [6, 6.07) is 49.4. The molecule has 0 saturated heterocycles. The minimum atomic E-state index is -0.675. The topological polar surface area (TPSA) is 55.1 Å². The predicted octanol–water partition coefficient (Wildman–Crippen LogP) is 15.5. The first-order chi connectivity index (χ1) is 33.4. The van der Waals surface area contributed by atoms with Gasteiger partial charge in [0.25, 0.3) is 0 Å². The van der Waals surface area contributed by atoms with Crippen molar-refractivity contribution < 1.29 is 4.42 Å². The van der Waals surface area contributed by atoms with Gasteiger partial charge in [-0.3, -0.25) is 0 Å². The van der Waals surface area contributed by atoms with Gasteiger partial charge in [-0.1, -0.05) is 122 Å². The number of hydrogen-bond donors (Lipinski definition) is 0. The summed E-state index contributed by atoms with van der Waals surface area (Å²) in [6.45, 7) is 4.63. The minimum absolute atomic E-state index is 0.0939. The molecule has 4 atom stereocenters. The lowest BCUT2D eigenvalue weighted by Crippen LogP contribution is -2.49. The molecule has 0 radical (unpaired) electrons. The minimum Gasteiger partial charge on any atom is -0.456 e. The van der Waals surface area contributed by atoms with Gasteiger partial charge < -0.3 is 9.32 Å². The Labute approximate surface area is 400 Å². The molecule has 3 heterocycles. The molecule has 0 N–H and O–H groups in total. The first kappa shape index (κ1) is 39.9. The van der Waals surface area contributed by atoms with Crippen LogP contribution in [-0.4, -0.2) is 15.0 Å². The first-order valence-electron chi connectivity index (χ1n) is 26.2. The van der Waals surface area contributed by atoms with E-state index in [2.05, 4.69) is 152 Å². The molecule has 68 heavy (non-hydrogen) atoms. The van der Waals surface area contributed by atoms with Crippen LogP contribution in [0.1, 0.15) is 129 Å². The van der Waals surface area contributed by atoms with E-state index in [1.165, 1.54) is 128 Å². The van der Waals surface area contributed by atoms with Gasteiger partial charge in [-0.15, -0.1) is 0 Å². The maximum Gasteiger partial charge on any atom is 0.163 e. The van der Waals surface area contributed by atoms with Crippen LogP contribution in [0.15, 0.2) is 138 Å². The van der Waals surface area contributed by atoms with Crippen molar-refractivity contribution >= 4 is 39.0 Å². The maximum absolute atomic E-state index is 6.95. The summed E-state index contributed by atoms with van der Waals surface area (Å²) in [4.78, 5) is 19.8. The summed E-state index contributed by atoms with van der Waals surface area (Å²) >= 11 is 0. The van der Waals surface area contributed by atoms with Crippen molar-refractivity contribution in [1.82, 2.24) is 15.0 Å². The molecule has 0 amide bonds. The van der Waals surface area contributed by atoms with Crippen molar-refractivity contribution in [1.29, 1.82) is 0 Å². The van der Waals surface area contributed by atoms with Crippen molar-refractivity contribution in [2.45, 2.75) is 114 Å². The molecule has 8 aliphatic rings. The van der Waals surface area contributed by atoms with Gasteiger partial charge >= 0.3 is 0 Å². The number of anilines is 3. The molecular weight excluding hydrogens is 829 g/mol. The third-order valence-corrected chi connectivity index (χ3v) is 19.2. The monoisotopic (exact) mass is 888 g/mol. The van der Waals surface area contributed by atoms with Gasteiger partial charge in [-0.2, -0.15) is 0 Å². The van der Waals surface area contributed by atoms with Crippen LogP contribution in [0.2, 0.25) is 0 Å². The zero-order valence-corrected chi connectivity index (χ0v) is 39.6. The fourth-order valence-corrected chi connectivity index (χ4v) is 17.2. The number of fused-ring (bicyclic) bond motifs is 7. The van der Waals surface area contributed by atoms with E-state index in [-0.39, 0.29) is 10.8 Å². The fourth-order valence-electron chi connectivity index (χ4n) is 17.2. The van der Waals surface area contributed by atoms with Crippen LogP contribution in [0.4, 0.5) is 17.1 Å². The molecule has 2 aromatic heterocycles. The average Bonchev–Trinajstić information content (AvgIpc) is 3.82. The molecule has 5 nitrogen and oxygen atoms in total. The van der Waals surface area contributed by atoms with Gasteiger partial charge in [-0.25, -0.2) is 15.0 Å². The Kier molecular flexibility index (Phi) is 8.49. The Morgan fingerprint density at radius 1 is 0.515 bits per heavy atom. The van der Waals surface area contributed by atoms with Crippen LogP contribution in [0, 0.1) is 49.4 Å². The van der Waals surface area contributed by atoms with E-state index < -0.39 is 5.41 Å². The lowest BCUT2D eigenvalue weighted by Gasteiger charge is -2.56. The van der Waals surface area contributed by atoms with E-state index in [9.17, 15) is 0 Å². The zero-order valence-electron chi connectivity index (χ0n) is 39.6. The van der Waals surface area contributed by atoms with Crippen LogP contribution in [-0.2, 0) is 16.2 Å². The van der Waals surface area contributed by atoms with Gasteiger partial charge in [0.1, 0.15) is 22.8 Å². The first-order valence-corrected chi connectivity index (χ1v) is 26.2. The number of aryl methyl sites for hydroxylation is 2. The lowest BCUT2D eigenvalue weighted by molar-refractivity contribution is -0.00975. The summed E-state index contributed by atoms with van der Waals surface area (Å²) < 4.78 is 6.95. The molecule has 0 spiro atoms. The SMILES string of the molecule is Cc1cc(-c2nc(C34CC5CC(CC(C5)C3)C4)nc(C34CC5CCCC(C3)C(C5)C4)n2)cc(C)c1N1c2ccccc2C(c2ccccc2)(c2cccc3c2oc2ccccc23)c2ccccc21. The maximum atomic E-state index is 6.95. The van der Waals surface area contributed by atoms with E-state index in [1.54, 1.807) is 0 Å². The summed E-state index contributed by atoms with van der Waals surface area (Å²) in [6.07, 6.45) is 17.5. The third-order valence-electron chi connectivity index (χ3n) is 19.2. The summed E-state index contributed by atoms with van der Waals surface area (Å²) in [5, 5.41) is 2.28.